The predicted octanol–water partition coefficient (Wildman–Crippen LogP) is 2.52. The van der Waals surface area contributed by atoms with Crippen molar-refractivity contribution in [3.8, 4) is 0 Å². The SMILES string of the molecule is O=C(CSc1ccccn1)N(C1CCCCC1)[C@H]1CCS(=O)(=O)C1. The number of aromatic nitrogens is 1. The number of rotatable bonds is 5. The molecule has 0 spiro atoms. The molecule has 1 aliphatic carbocycles. The van der Waals surface area contributed by atoms with Crippen LogP contribution in [0, 0.1) is 0 Å². The van der Waals surface area contributed by atoms with E-state index in [1.54, 1.807) is 6.20 Å². The van der Waals surface area contributed by atoms with Gasteiger partial charge in [-0.25, -0.2) is 13.4 Å². The van der Waals surface area contributed by atoms with Crippen molar-refractivity contribution in [3.05, 3.63) is 24.4 Å². The molecule has 1 aromatic heterocycles. The molecule has 2 heterocycles. The normalized spacial score (nSPS) is 23.9. The maximum absolute atomic E-state index is 12.9. The summed E-state index contributed by atoms with van der Waals surface area (Å²) >= 11 is 1.43. The van der Waals surface area contributed by atoms with E-state index in [1.807, 2.05) is 23.1 Å². The van der Waals surface area contributed by atoms with E-state index in [2.05, 4.69) is 4.98 Å². The minimum absolute atomic E-state index is 0.0552. The van der Waals surface area contributed by atoms with E-state index in [-0.39, 0.29) is 29.5 Å². The molecule has 5 nitrogen and oxygen atoms in total. The van der Waals surface area contributed by atoms with Crippen molar-refractivity contribution in [1.29, 1.82) is 0 Å². The lowest BCUT2D eigenvalue weighted by molar-refractivity contribution is -0.133. The molecule has 0 unspecified atom stereocenters. The van der Waals surface area contributed by atoms with Crippen LogP contribution in [0.1, 0.15) is 38.5 Å². The van der Waals surface area contributed by atoms with Gasteiger partial charge in [0.1, 0.15) is 0 Å². The molecule has 1 saturated carbocycles. The van der Waals surface area contributed by atoms with Gasteiger partial charge in [-0.05, 0) is 31.4 Å². The van der Waals surface area contributed by atoms with E-state index in [1.165, 1.54) is 18.2 Å². The van der Waals surface area contributed by atoms with Crippen LogP contribution < -0.4 is 0 Å². The first kappa shape index (κ1) is 17.7. The largest absolute Gasteiger partial charge is 0.335 e. The van der Waals surface area contributed by atoms with Crippen molar-refractivity contribution in [2.24, 2.45) is 0 Å². The fraction of sp³-hybridized carbons (Fsp3) is 0.647. The lowest BCUT2D eigenvalue weighted by atomic mass is 9.93. The Morgan fingerprint density at radius 3 is 2.58 bits per heavy atom. The molecule has 0 aromatic carbocycles. The minimum Gasteiger partial charge on any atom is -0.335 e. The van der Waals surface area contributed by atoms with Crippen LogP contribution in [-0.4, -0.2) is 53.6 Å². The average molecular weight is 369 g/mol. The Hall–Kier alpha value is -1.08. The second-order valence-corrected chi connectivity index (χ2v) is 9.83. The molecule has 1 aliphatic heterocycles. The Balaban J connectivity index is 1.69. The molecule has 2 fully saturated rings. The van der Waals surface area contributed by atoms with Crippen LogP contribution in [0.25, 0.3) is 0 Å². The first-order valence-corrected chi connectivity index (χ1v) is 11.4. The first-order chi connectivity index (χ1) is 11.6. The fourth-order valence-corrected chi connectivity index (χ4v) is 6.14. The summed E-state index contributed by atoms with van der Waals surface area (Å²) in [5.74, 6) is 0.717. The van der Waals surface area contributed by atoms with Gasteiger partial charge in [0, 0.05) is 18.3 Å². The number of sulfone groups is 1. The molecule has 3 rings (SSSR count). The average Bonchev–Trinajstić information content (AvgIpc) is 2.95. The summed E-state index contributed by atoms with van der Waals surface area (Å²) in [7, 11) is -2.99. The fourth-order valence-electron chi connectivity index (χ4n) is 3.70. The molecule has 2 aliphatic rings. The monoisotopic (exact) mass is 368 g/mol. The van der Waals surface area contributed by atoms with Gasteiger partial charge in [0.05, 0.1) is 22.3 Å². The summed E-state index contributed by atoms with van der Waals surface area (Å²) in [5, 5.41) is 0.827. The second-order valence-electron chi connectivity index (χ2n) is 6.61. The number of thioether (sulfide) groups is 1. The van der Waals surface area contributed by atoms with Gasteiger partial charge < -0.3 is 4.90 Å². The summed E-state index contributed by atoms with van der Waals surface area (Å²) in [6, 6.07) is 5.71. The standard InChI is InChI=1S/C17H24N2O3S2/c20-17(12-23-16-8-4-5-10-18-16)19(14-6-2-1-3-7-14)15-9-11-24(21,22)13-15/h4-5,8,10,14-15H,1-3,6-7,9,11-13H2/t15-/m0/s1. The van der Waals surface area contributed by atoms with E-state index in [9.17, 15) is 13.2 Å². The summed E-state index contributed by atoms with van der Waals surface area (Å²) in [5.41, 5.74) is 0. The summed E-state index contributed by atoms with van der Waals surface area (Å²) in [4.78, 5) is 19.1. The van der Waals surface area contributed by atoms with E-state index in [4.69, 9.17) is 0 Å². The highest BCUT2D eigenvalue weighted by Gasteiger charge is 2.38. The molecule has 24 heavy (non-hydrogen) atoms. The van der Waals surface area contributed by atoms with Crippen molar-refractivity contribution in [3.63, 3.8) is 0 Å². The number of hydrogen-bond acceptors (Lipinski definition) is 5. The Morgan fingerprint density at radius 1 is 1.17 bits per heavy atom. The van der Waals surface area contributed by atoms with Crippen LogP contribution in [0.15, 0.2) is 29.4 Å². The lowest BCUT2D eigenvalue weighted by Crippen LogP contribution is -2.49. The highest BCUT2D eigenvalue weighted by Crippen LogP contribution is 2.29. The van der Waals surface area contributed by atoms with Crippen LogP contribution in [0.2, 0.25) is 0 Å². The number of carbonyl (C=O) groups excluding carboxylic acids is 1. The molecular formula is C17H24N2O3S2. The number of pyridine rings is 1. The maximum atomic E-state index is 12.9. The third-order valence-corrected chi connectivity index (χ3v) is 7.52. The topological polar surface area (TPSA) is 67.3 Å². The van der Waals surface area contributed by atoms with Gasteiger partial charge in [-0.3, -0.25) is 4.79 Å². The van der Waals surface area contributed by atoms with Crippen LogP contribution in [-0.2, 0) is 14.6 Å². The van der Waals surface area contributed by atoms with Crippen LogP contribution in [0.3, 0.4) is 0 Å². The van der Waals surface area contributed by atoms with E-state index in [0.29, 0.717) is 12.2 Å². The molecule has 0 bridgehead atoms. The second kappa shape index (κ2) is 7.87. The van der Waals surface area contributed by atoms with Crippen LogP contribution >= 0.6 is 11.8 Å². The third kappa shape index (κ3) is 4.51. The lowest BCUT2D eigenvalue weighted by Gasteiger charge is -2.38. The van der Waals surface area contributed by atoms with E-state index in [0.717, 1.165) is 30.7 Å². The van der Waals surface area contributed by atoms with Gasteiger partial charge >= 0.3 is 0 Å². The molecule has 7 heteroatoms. The zero-order valence-corrected chi connectivity index (χ0v) is 15.4. The molecule has 1 aromatic rings. The Labute approximate surface area is 148 Å². The summed E-state index contributed by atoms with van der Waals surface area (Å²) in [6.45, 7) is 0. The van der Waals surface area contributed by atoms with E-state index >= 15 is 0 Å². The Bertz CT molecular complexity index is 658. The molecule has 132 valence electrons. The number of amides is 1. The maximum Gasteiger partial charge on any atom is 0.233 e. The quantitative estimate of drug-likeness (QED) is 0.747. The molecule has 1 saturated heterocycles. The van der Waals surface area contributed by atoms with Crippen molar-refractivity contribution in [2.75, 3.05) is 17.3 Å². The van der Waals surface area contributed by atoms with Gasteiger partial charge in [-0.1, -0.05) is 37.1 Å². The number of hydrogen-bond donors (Lipinski definition) is 0. The van der Waals surface area contributed by atoms with Gasteiger partial charge in [-0.2, -0.15) is 0 Å². The zero-order chi connectivity index (χ0) is 17.0. The number of nitrogens with zero attached hydrogens (tertiary/aromatic N) is 2. The van der Waals surface area contributed by atoms with Gasteiger partial charge in [0.15, 0.2) is 9.84 Å². The molecule has 1 amide bonds. The first-order valence-electron chi connectivity index (χ1n) is 8.60. The smallest absolute Gasteiger partial charge is 0.233 e. The van der Waals surface area contributed by atoms with Crippen molar-refractivity contribution in [1.82, 2.24) is 9.88 Å². The Kier molecular flexibility index (Phi) is 5.81. The predicted molar refractivity (Wildman–Crippen MR) is 95.7 cm³/mol. The van der Waals surface area contributed by atoms with Crippen LogP contribution in [0.4, 0.5) is 0 Å². The summed E-state index contributed by atoms with van der Waals surface area (Å²) < 4.78 is 23.8. The zero-order valence-electron chi connectivity index (χ0n) is 13.8. The molecule has 1 atom stereocenters. The third-order valence-electron chi connectivity index (χ3n) is 4.84. The van der Waals surface area contributed by atoms with Crippen molar-refractivity contribution in [2.45, 2.75) is 55.6 Å². The highest BCUT2D eigenvalue weighted by molar-refractivity contribution is 7.99. The number of carbonyl (C=O) groups is 1. The molecule has 0 N–H and O–H groups in total. The van der Waals surface area contributed by atoms with Gasteiger partial charge in [-0.15, -0.1) is 0 Å². The molecular weight excluding hydrogens is 344 g/mol. The van der Waals surface area contributed by atoms with E-state index < -0.39 is 9.84 Å². The van der Waals surface area contributed by atoms with Gasteiger partial charge in [0.2, 0.25) is 5.91 Å². The minimum atomic E-state index is -2.99. The summed E-state index contributed by atoms with van der Waals surface area (Å²) in [6.07, 6.45) is 7.76. The van der Waals surface area contributed by atoms with Gasteiger partial charge in [0.25, 0.3) is 0 Å². The highest BCUT2D eigenvalue weighted by atomic mass is 32.2. The molecule has 0 radical (unpaired) electrons. The van der Waals surface area contributed by atoms with Crippen molar-refractivity contribution >= 4 is 27.5 Å². The Morgan fingerprint density at radius 2 is 1.96 bits per heavy atom. The van der Waals surface area contributed by atoms with Crippen molar-refractivity contribution < 1.29 is 13.2 Å². The van der Waals surface area contributed by atoms with Crippen LogP contribution in [0.5, 0.6) is 0 Å².